The maximum absolute atomic E-state index is 14.7. The zero-order chi connectivity index (χ0) is 17.4. The lowest BCUT2D eigenvalue weighted by Gasteiger charge is -2.24. The van der Waals surface area contributed by atoms with Gasteiger partial charge in [-0.1, -0.05) is 18.6 Å². The molecule has 0 saturated carbocycles. The van der Waals surface area contributed by atoms with Gasteiger partial charge in [-0.25, -0.2) is 9.37 Å². The number of rotatable bonds is 3. The molecule has 3 N–H and O–H groups in total. The zero-order valence-corrected chi connectivity index (χ0v) is 13.6. The van der Waals surface area contributed by atoms with Crippen molar-refractivity contribution in [2.24, 2.45) is 5.73 Å². The van der Waals surface area contributed by atoms with E-state index >= 15 is 0 Å². The summed E-state index contributed by atoms with van der Waals surface area (Å²) in [6.45, 7) is 0.953. The van der Waals surface area contributed by atoms with Crippen molar-refractivity contribution in [1.29, 1.82) is 0 Å². The quantitative estimate of drug-likeness (QED) is 0.765. The average Bonchev–Trinajstić information content (AvgIpc) is 3.06. The van der Waals surface area contributed by atoms with E-state index in [-0.39, 0.29) is 28.6 Å². The van der Waals surface area contributed by atoms with Crippen molar-refractivity contribution in [3.8, 4) is 11.5 Å². The van der Waals surface area contributed by atoms with Crippen LogP contribution in [0.15, 0.2) is 40.8 Å². The van der Waals surface area contributed by atoms with Crippen molar-refractivity contribution in [1.82, 2.24) is 10.3 Å². The highest BCUT2D eigenvalue weighted by atomic mass is 19.1. The molecule has 5 nitrogen and oxygen atoms in total. The highest BCUT2D eigenvalue weighted by Crippen LogP contribution is 2.31. The summed E-state index contributed by atoms with van der Waals surface area (Å²) < 4.78 is 20.3. The standard InChI is InChI=1S/C19H18FN3O2/c20-14-10-11(15-5-1-2-9-22-15)7-8-12(14)19-23-16-6-3-4-13(18(21)24)17(16)25-19/h3-4,6-8,10,15,22H,1-2,5,9H2,(H2,21,24). The Bertz CT molecular complexity index is 945. The SMILES string of the molecule is NC(=O)c1cccc2nc(-c3ccc(C4CCCCN4)cc3F)oc12. The minimum absolute atomic E-state index is 0.143. The number of nitrogens with one attached hydrogen (secondary N) is 1. The van der Waals surface area contributed by atoms with Crippen molar-refractivity contribution >= 4 is 17.0 Å². The van der Waals surface area contributed by atoms with E-state index in [1.807, 2.05) is 6.07 Å². The second-order valence-electron chi connectivity index (χ2n) is 6.28. The molecule has 1 amide bonds. The molecular formula is C19H18FN3O2. The fourth-order valence-electron chi connectivity index (χ4n) is 3.32. The maximum atomic E-state index is 14.7. The summed E-state index contributed by atoms with van der Waals surface area (Å²) in [5, 5.41) is 3.41. The molecule has 1 aromatic heterocycles. The highest BCUT2D eigenvalue weighted by molar-refractivity contribution is 6.03. The Morgan fingerprint density at radius 3 is 2.88 bits per heavy atom. The number of para-hydroxylation sites is 1. The van der Waals surface area contributed by atoms with Gasteiger partial charge in [-0.2, -0.15) is 0 Å². The van der Waals surface area contributed by atoms with Crippen molar-refractivity contribution < 1.29 is 13.6 Å². The van der Waals surface area contributed by atoms with E-state index in [1.165, 1.54) is 6.07 Å². The molecule has 1 aliphatic heterocycles. The lowest BCUT2D eigenvalue weighted by Crippen LogP contribution is -2.26. The van der Waals surface area contributed by atoms with Crippen LogP contribution in [0.5, 0.6) is 0 Å². The summed E-state index contributed by atoms with van der Waals surface area (Å²) in [4.78, 5) is 15.8. The normalized spacial score (nSPS) is 17.7. The van der Waals surface area contributed by atoms with Crippen LogP contribution in [0.3, 0.4) is 0 Å². The van der Waals surface area contributed by atoms with E-state index in [4.69, 9.17) is 10.2 Å². The molecule has 0 aliphatic carbocycles. The van der Waals surface area contributed by atoms with E-state index in [9.17, 15) is 9.18 Å². The number of fused-ring (bicyclic) bond motifs is 1. The Kier molecular flexibility index (Phi) is 3.97. The summed E-state index contributed by atoms with van der Waals surface area (Å²) in [5.74, 6) is -0.853. The van der Waals surface area contributed by atoms with Gasteiger partial charge in [0, 0.05) is 6.04 Å². The van der Waals surface area contributed by atoms with E-state index in [2.05, 4.69) is 10.3 Å². The van der Waals surface area contributed by atoms with Crippen molar-refractivity contribution in [2.45, 2.75) is 25.3 Å². The number of halogens is 1. The molecule has 1 unspecified atom stereocenters. The van der Waals surface area contributed by atoms with E-state index < -0.39 is 11.7 Å². The second-order valence-corrected chi connectivity index (χ2v) is 6.28. The van der Waals surface area contributed by atoms with Gasteiger partial charge in [-0.15, -0.1) is 0 Å². The van der Waals surface area contributed by atoms with Crippen LogP contribution in [-0.4, -0.2) is 17.4 Å². The predicted molar refractivity (Wildman–Crippen MR) is 92.5 cm³/mol. The van der Waals surface area contributed by atoms with Crippen LogP contribution in [0, 0.1) is 5.82 Å². The first-order chi connectivity index (χ1) is 12.1. The molecule has 4 rings (SSSR count). The molecule has 1 atom stereocenters. The van der Waals surface area contributed by atoms with Crippen LogP contribution >= 0.6 is 0 Å². The van der Waals surface area contributed by atoms with Gasteiger partial charge in [-0.05, 0) is 49.2 Å². The number of benzene rings is 2. The number of hydrogen-bond acceptors (Lipinski definition) is 4. The van der Waals surface area contributed by atoms with Gasteiger partial charge in [0.25, 0.3) is 5.91 Å². The summed E-state index contributed by atoms with van der Waals surface area (Å²) in [6.07, 6.45) is 3.30. The van der Waals surface area contributed by atoms with Gasteiger partial charge in [-0.3, -0.25) is 4.79 Å². The lowest BCUT2D eigenvalue weighted by molar-refractivity contribution is 0.100. The Hall–Kier alpha value is -2.73. The molecule has 3 aromatic rings. The van der Waals surface area contributed by atoms with Crippen LogP contribution in [0.2, 0.25) is 0 Å². The number of aromatic nitrogens is 1. The first-order valence-electron chi connectivity index (χ1n) is 8.36. The fraction of sp³-hybridized carbons (Fsp3) is 0.263. The van der Waals surface area contributed by atoms with Gasteiger partial charge in [0.15, 0.2) is 5.58 Å². The molecule has 1 aliphatic rings. The molecule has 1 saturated heterocycles. The lowest BCUT2D eigenvalue weighted by atomic mass is 9.96. The minimum atomic E-state index is -0.604. The van der Waals surface area contributed by atoms with Crippen LogP contribution < -0.4 is 11.1 Å². The number of hydrogen-bond donors (Lipinski definition) is 2. The molecule has 25 heavy (non-hydrogen) atoms. The largest absolute Gasteiger partial charge is 0.435 e. The number of carbonyl (C=O) groups excluding carboxylic acids is 1. The van der Waals surface area contributed by atoms with Gasteiger partial charge in [0.05, 0.1) is 11.1 Å². The van der Waals surface area contributed by atoms with E-state index in [0.29, 0.717) is 5.52 Å². The number of carbonyl (C=O) groups is 1. The monoisotopic (exact) mass is 339 g/mol. The van der Waals surface area contributed by atoms with Gasteiger partial charge < -0.3 is 15.5 Å². The van der Waals surface area contributed by atoms with Gasteiger partial charge in [0.2, 0.25) is 5.89 Å². The summed E-state index contributed by atoms with van der Waals surface area (Å²) >= 11 is 0. The number of oxazole rings is 1. The average molecular weight is 339 g/mol. The van der Waals surface area contributed by atoms with E-state index in [1.54, 1.807) is 24.3 Å². The summed E-state index contributed by atoms with van der Waals surface area (Å²) in [7, 11) is 0. The molecule has 2 heterocycles. The smallest absolute Gasteiger partial charge is 0.252 e. The second kappa shape index (κ2) is 6.29. The Morgan fingerprint density at radius 1 is 1.28 bits per heavy atom. The molecule has 1 fully saturated rings. The van der Waals surface area contributed by atoms with Crippen LogP contribution in [0.4, 0.5) is 4.39 Å². The van der Waals surface area contributed by atoms with Crippen LogP contribution in [0.1, 0.15) is 41.2 Å². The Labute approximate surface area is 144 Å². The van der Waals surface area contributed by atoms with E-state index in [0.717, 1.165) is 31.4 Å². The van der Waals surface area contributed by atoms with Crippen molar-refractivity contribution in [3.05, 3.63) is 53.3 Å². The fourth-order valence-corrected chi connectivity index (χ4v) is 3.32. The number of amides is 1. The predicted octanol–water partition coefficient (Wildman–Crippen LogP) is 3.55. The molecule has 0 bridgehead atoms. The summed E-state index contributed by atoms with van der Waals surface area (Å²) in [5.41, 5.74) is 7.54. The van der Waals surface area contributed by atoms with Crippen LogP contribution in [-0.2, 0) is 0 Å². The number of nitrogens with two attached hydrogens (primary N) is 1. The summed E-state index contributed by atoms with van der Waals surface area (Å²) in [6, 6.07) is 10.2. The molecule has 128 valence electrons. The molecule has 0 spiro atoms. The maximum Gasteiger partial charge on any atom is 0.252 e. The van der Waals surface area contributed by atoms with Crippen molar-refractivity contribution in [3.63, 3.8) is 0 Å². The van der Waals surface area contributed by atoms with Gasteiger partial charge >= 0.3 is 0 Å². The van der Waals surface area contributed by atoms with Gasteiger partial charge in [0.1, 0.15) is 11.3 Å². The number of nitrogens with zero attached hydrogens (tertiary/aromatic N) is 1. The zero-order valence-electron chi connectivity index (χ0n) is 13.6. The van der Waals surface area contributed by atoms with Crippen molar-refractivity contribution in [2.75, 3.05) is 6.54 Å². The Morgan fingerprint density at radius 2 is 2.16 bits per heavy atom. The topological polar surface area (TPSA) is 81.2 Å². The third-order valence-corrected chi connectivity index (χ3v) is 4.62. The number of primary amides is 1. The third-order valence-electron chi connectivity index (χ3n) is 4.62. The molecule has 0 radical (unpaired) electrons. The Balaban J connectivity index is 1.73. The first-order valence-corrected chi connectivity index (χ1v) is 8.36. The molecule has 2 aromatic carbocycles. The molecular weight excluding hydrogens is 321 g/mol. The van der Waals surface area contributed by atoms with Crippen LogP contribution in [0.25, 0.3) is 22.6 Å². The minimum Gasteiger partial charge on any atom is -0.435 e. The molecule has 6 heteroatoms. The highest BCUT2D eigenvalue weighted by Gasteiger charge is 2.20. The first kappa shape index (κ1) is 15.8. The number of piperidine rings is 1. The third kappa shape index (κ3) is 2.89.